The first-order valence-electron chi connectivity index (χ1n) is 6.13. The summed E-state index contributed by atoms with van der Waals surface area (Å²) in [5.41, 5.74) is 3.83. The normalized spacial score (nSPS) is 20.2. The van der Waals surface area contributed by atoms with Crippen molar-refractivity contribution in [3.8, 4) is 0 Å². The lowest BCUT2D eigenvalue weighted by molar-refractivity contribution is 0.197. The fraction of sp³-hybridized carbons (Fsp3) is 0.500. The van der Waals surface area contributed by atoms with E-state index in [1.54, 1.807) is 0 Å². The number of urea groups is 1. The van der Waals surface area contributed by atoms with Gasteiger partial charge < -0.3 is 9.80 Å². The van der Waals surface area contributed by atoms with Crippen molar-refractivity contribution in [1.82, 2.24) is 9.80 Å². The Morgan fingerprint density at radius 1 is 1.29 bits per heavy atom. The van der Waals surface area contributed by atoms with E-state index in [-0.39, 0.29) is 12.1 Å². The third-order valence-electron chi connectivity index (χ3n) is 3.73. The number of hydrogen-bond donors (Lipinski definition) is 0. The van der Waals surface area contributed by atoms with E-state index < -0.39 is 0 Å². The minimum absolute atomic E-state index is 0.135. The Bertz CT molecular complexity index is 442. The quantitative estimate of drug-likeness (QED) is 0.769. The van der Waals surface area contributed by atoms with Crippen LogP contribution in [0.3, 0.4) is 0 Å². The molecular formula is C14H20N2O. The average molecular weight is 232 g/mol. The topological polar surface area (TPSA) is 23.6 Å². The lowest BCUT2D eigenvalue weighted by atomic mass is 10.0. The predicted molar refractivity (Wildman–Crippen MR) is 69.1 cm³/mol. The third-order valence-corrected chi connectivity index (χ3v) is 3.73. The monoisotopic (exact) mass is 232 g/mol. The smallest absolute Gasteiger partial charge is 0.320 e. The molecule has 1 aliphatic rings. The van der Waals surface area contributed by atoms with Gasteiger partial charge in [0, 0.05) is 20.1 Å². The number of rotatable bonds is 2. The van der Waals surface area contributed by atoms with Crippen molar-refractivity contribution in [2.24, 2.45) is 0 Å². The van der Waals surface area contributed by atoms with Gasteiger partial charge in [0.05, 0.1) is 6.04 Å². The van der Waals surface area contributed by atoms with Crippen molar-refractivity contribution in [2.75, 3.05) is 20.1 Å². The van der Waals surface area contributed by atoms with Crippen LogP contribution < -0.4 is 0 Å². The van der Waals surface area contributed by atoms with Gasteiger partial charge >= 0.3 is 6.03 Å². The third kappa shape index (κ3) is 2.02. The summed E-state index contributed by atoms with van der Waals surface area (Å²) in [5, 5.41) is 0. The molecule has 1 aromatic rings. The van der Waals surface area contributed by atoms with Gasteiger partial charge in [0.1, 0.15) is 0 Å². The van der Waals surface area contributed by atoms with Crippen molar-refractivity contribution in [1.29, 1.82) is 0 Å². The zero-order valence-corrected chi connectivity index (χ0v) is 11.0. The van der Waals surface area contributed by atoms with E-state index in [0.717, 1.165) is 13.1 Å². The Balaban J connectivity index is 2.29. The summed E-state index contributed by atoms with van der Waals surface area (Å²) in [7, 11) is 1.89. The van der Waals surface area contributed by atoms with Gasteiger partial charge in [-0.3, -0.25) is 0 Å². The van der Waals surface area contributed by atoms with E-state index in [4.69, 9.17) is 0 Å². The Kier molecular flexibility index (Phi) is 3.09. The molecule has 92 valence electrons. The molecule has 17 heavy (non-hydrogen) atoms. The fourth-order valence-electron chi connectivity index (χ4n) is 2.33. The summed E-state index contributed by atoms with van der Waals surface area (Å²) in [6.45, 7) is 7.83. The maximum atomic E-state index is 11.9. The maximum absolute atomic E-state index is 11.9. The number of likely N-dealkylation sites (N-methyl/N-ethyl adjacent to an activating group) is 2. The SMILES string of the molecule is CCN1CC(c2ccc(C)c(C)c2)N(C)C1=O. The highest BCUT2D eigenvalue weighted by Gasteiger charge is 2.34. The molecule has 2 rings (SSSR count). The first kappa shape index (κ1) is 12.0. The molecule has 1 saturated heterocycles. The van der Waals surface area contributed by atoms with Crippen LogP contribution in [0, 0.1) is 13.8 Å². The lowest BCUT2D eigenvalue weighted by Crippen LogP contribution is -2.29. The highest BCUT2D eigenvalue weighted by Crippen LogP contribution is 2.28. The van der Waals surface area contributed by atoms with Crippen molar-refractivity contribution in [3.63, 3.8) is 0 Å². The maximum Gasteiger partial charge on any atom is 0.320 e. The minimum atomic E-state index is 0.135. The van der Waals surface area contributed by atoms with Crippen LogP contribution in [0.15, 0.2) is 18.2 Å². The van der Waals surface area contributed by atoms with Crippen molar-refractivity contribution in [3.05, 3.63) is 34.9 Å². The summed E-state index contributed by atoms with van der Waals surface area (Å²) < 4.78 is 0. The van der Waals surface area contributed by atoms with Crippen LogP contribution in [0.1, 0.15) is 29.7 Å². The van der Waals surface area contributed by atoms with Gasteiger partial charge in [-0.2, -0.15) is 0 Å². The Morgan fingerprint density at radius 2 is 2.00 bits per heavy atom. The molecule has 0 N–H and O–H groups in total. The van der Waals surface area contributed by atoms with Crippen LogP contribution >= 0.6 is 0 Å². The molecule has 0 radical (unpaired) electrons. The van der Waals surface area contributed by atoms with Gasteiger partial charge in [-0.1, -0.05) is 18.2 Å². The van der Waals surface area contributed by atoms with Crippen LogP contribution in [0.4, 0.5) is 4.79 Å². The summed E-state index contributed by atoms with van der Waals surface area (Å²) in [5.74, 6) is 0. The summed E-state index contributed by atoms with van der Waals surface area (Å²) in [6, 6.07) is 6.80. The van der Waals surface area contributed by atoms with E-state index >= 15 is 0 Å². The van der Waals surface area contributed by atoms with E-state index in [2.05, 4.69) is 32.0 Å². The number of carbonyl (C=O) groups is 1. The summed E-state index contributed by atoms with van der Waals surface area (Å²) in [4.78, 5) is 15.7. The zero-order valence-electron chi connectivity index (χ0n) is 11.0. The number of hydrogen-bond acceptors (Lipinski definition) is 1. The van der Waals surface area contributed by atoms with Gasteiger partial charge in [-0.05, 0) is 37.5 Å². The Morgan fingerprint density at radius 3 is 2.53 bits per heavy atom. The molecule has 1 heterocycles. The van der Waals surface area contributed by atoms with E-state index in [1.165, 1.54) is 16.7 Å². The highest BCUT2D eigenvalue weighted by atomic mass is 16.2. The number of nitrogens with zero attached hydrogens (tertiary/aromatic N) is 2. The Hall–Kier alpha value is -1.51. The fourth-order valence-corrected chi connectivity index (χ4v) is 2.33. The largest absolute Gasteiger partial charge is 0.323 e. The molecule has 0 spiro atoms. The molecule has 1 unspecified atom stereocenters. The average Bonchev–Trinajstić information content (AvgIpc) is 2.60. The predicted octanol–water partition coefficient (Wildman–Crippen LogP) is 2.73. The van der Waals surface area contributed by atoms with Crippen molar-refractivity contribution < 1.29 is 4.79 Å². The molecule has 0 aromatic heterocycles. The van der Waals surface area contributed by atoms with E-state index in [9.17, 15) is 4.79 Å². The summed E-state index contributed by atoms with van der Waals surface area (Å²) >= 11 is 0. The number of amides is 2. The molecule has 1 atom stereocenters. The standard InChI is InChI=1S/C14H20N2O/c1-5-16-9-13(15(4)14(16)17)12-7-6-10(2)11(3)8-12/h6-8,13H,5,9H2,1-4H3. The lowest BCUT2D eigenvalue weighted by Gasteiger charge is -2.19. The van der Waals surface area contributed by atoms with Gasteiger partial charge in [-0.15, -0.1) is 0 Å². The second kappa shape index (κ2) is 4.40. The van der Waals surface area contributed by atoms with E-state index in [1.807, 2.05) is 23.8 Å². The van der Waals surface area contributed by atoms with Crippen molar-refractivity contribution in [2.45, 2.75) is 26.8 Å². The second-order valence-corrected chi connectivity index (χ2v) is 4.79. The molecule has 1 aliphatic heterocycles. The number of aryl methyl sites for hydroxylation is 2. The molecule has 0 saturated carbocycles. The molecule has 3 heteroatoms. The number of benzene rings is 1. The van der Waals surface area contributed by atoms with Crippen molar-refractivity contribution >= 4 is 6.03 Å². The van der Waals surface area contributed by atoms with Crippen LogP contribution in [0.2, 0.25) is 0 Å². The minimum Gasteiger partial charge on any atom is -0.323 e. The summed E-state index contributed by atoms with van der Waals surface area (Å²) in [6.07, 6.45) is 0. The first-order valence-corrected chi connectivity index (χ1v) is 6.13. The molecular weight excluding hydrogens is 212 g/mol. The van der Waals surface area contributed by atoms with Gasteiger partial charge in [-0.25, -0.2) is 4.79 Å². The molecule has 0 aliphatic carbocycles. The second-order valence-electron chi connectivity index (χ2n) is 4.79. The van der Waals surface area contributed by atoms with Crippen LogP contribution in [0.5, 0.6) is 0 Å². The molecule has 1 fully saturated rings. The van der Waals surface area contributed by atoms with Gasteiger partial charge in [0.2, 0.25) is 0 Å². The molecule has 2 amide bonds. The molecule has 3 nitrogen and oxygen atoms in total. The van der Waals surface area contributed by atoms with Crippen LogP contribution in [-0.2, 0) is 0 Å². The van der Waals surface area contributed by atoms with E-state index in [0.29, 0.717) is 0 Å². The molecule has 0 bridgehead atoms. The van der Waals surface area contributed by atoms with Gasteiger partial charge in [0.25, 0.3) is 0 Å². The van der Waals surface area contributed by atoms with Gasteiger partial charge in [0.15, 0.2) is 0 Å². The Labute approximate surface area is 103 Å². The van der Waals surface area contributed by atoms with Crippen LogP contribution in [0.25, 0.3) is 0 Å². The highest BCUT2D eigenvalue weighted by molar-refractivity contribution is 5.77. The first-order chi connectivity index (χ1) is 8.04. The zero-order chi connectivity index (χ0) is 12.6. The van der Waals surface area contributed by atoms with Crippen LogP contribution in [-0.4, -0.2) is 36.0 Å². The molecule has 1 aromatic carbocycles. The number of carbonyl (C=O) groups excluding carboxylic acids is 1.